The molecule has 0 heterocycles. The van der Waals surface area contributed by atoms with Gasteiger partial charge < -0.3 is 0 Å². The Labute approximate surface area is 373 Å². The Hall–Kier alpha value is -4.94. The Balaban J connectivity index is 1.15. The Kier molecular flexibility index (Phi) is 8.51. The van der Waals surface area contributed by atoms with Crippen LogP contribution in [0.15, 0.2) is 120 Å². The molecule has 2 atom stereocenters. The fraction of sp³-hybridized carbons (Fsp3) is 0.387. The Morgan fingerprint density at radius 2 is 1.02 bits per heavy atom. The van der Waals surface area contributed by atoms with Crippen molar-refractivity contribution < 1.29 is 0 Å². The predicted molar refractivity (Wildman–Crippen MR) is 268 cm³/mol. The van der Waals surface area contributed by atoms with E-state index >= 15 is 0 Å². The van der Waals surface area contributed by atoms with E-state index in [2.05, 4.69) is 220 Å². The maximum Gasteiger partial charge on any atom is 0.0167 e. The van der Waals surface area contributed by atoms with Gasteiger partial charge in [0.05, 0.1) is 0 Å². The number of rotatable bonds is 2. The molecule has 0 aromatic heterocycles. The molecule has 10 rings (SSSR count). The molecule has 0 fully saturated rings. The molecule has 4 aliphatic rings. The molecule has 0 heteroatoms. The van der Waals surface area contributed by atoms with E-state index in [1.165, 1.54) is 105 Å². The summed E-state index contributed by atoms with van der Waals surface area (Å²) in [5, 5.41) is 2.74. The molecule has 0 spiro atoms. The summed E-state index contributed by atoms with van der Waals surface area (Å²) in [5.74, 6) is 0.562. The maximum atomic E-state index is 2.63. The van der Waals surface area contributed by atoms with Gasteiger partial charge in [-0.15, -0.1) is 0 Å². The van der Waals surface area contributed by atoms with Gasteiger partial charge in [0.15, 0.2) is 0 Å². The van der Waals surface area contributed by atoms with Gasteiger partial charge in [0.2, 0.25) is 0 Å². The molecule has 0 amide bonds. The zero-order chi connectivity index (χ0) is 44.4. The van der Waals surface area contributed by atoms with Crippen molar-refractivity contribution in [2.24, 2.45) is 5.41 Å². The fourth-order valence-electron chi connectivity index (χ4n) is 11.7. The van der Waals surface area contributed by atoms with Crippen LogP contribution < -0.4 is 0 Å². The number of allylic oxidation sites excluding steroid dienone is 4. The summed E-state index contributed by atoms with van der Waals surface area (Å²) in [7, 11) is 0. The lowest BCUT2D eigenvalue weighted by Gasteiger charge is -2.36. The average molecular weight is 813 g/mol. The van der Waals surface area contributed by atoms with Gasteiger partial charge in [-0.1, -0.05) is 213 Å². The molecule has 316 valence electrons. The Morgan fingerprint density at radius 3 is 1.68 bits per heavy atom. The van der Waals surface area contributed by atoms with E-state index < -0.39 is 0 Å². The monoisotopic (exact) mass is 813 g/mol. The molecule has 0 saturated carbocycles. The zero-order valence-electron chi connectivity index (χ0n) is 40.5. The van der Waals surface area contributed by atoms with Gasteiger partial charge in [0.25, 0.3) is 0 Å². The van der Waals surface area contributed by atoms with E-state index in [0.717, 1.165) is 0 Å². The molecule has 0 saturated heterocycles. The van der Waals surface area contributed by atoms with Crippen LogP contribution >= 0.6 is 0 Å². The highest BCUT2D eigenvalue weighted by Gasteiger charge is 2.48. The third-order valence-electron chi connectivity index (χ3n) is 15.7. The van der Waals surface area contributed by atoms with E-state index in [9.17, 15) is 0 Å². The molecule has 4 aliphatic carbocycles. The number of hydrogen-bond donors (Lipinski definition) is 0. The van der Waals surface area contributed by atoms with E-state index in [4.69, 9.17) is 0 Å². The van der Waals surface area contributed by atoms with Crippen molar-refractivity contribution in [2.75, 3.05) is 0 Å². The number of hydrogen-bond acceptors (Lipinski definition) is 0. The van der Waals surface area contributed by atoms with Gasteiger partial charge in [0, 0.05) is 22.7 Å². The molecular weight excluding hydrogens is 745 g/mol. The molecule has 0 radical (unpaired) electrons. The lowest BCUT2D eigenvalue weighted by Crippen LogP contribution is -2.24. The first-order valence-electron chi connectivity index (χ1n) is 23.4. The van der Waals surface area contributed by atoms with Crippen LogP contribution in [0.4, 0.5) is 0 Å². The average Bonchev–Trinajstić information content (AvgIpc) is 3.73. The maximum absolute atomic E-state index is 2.63. The molecule has 0 bridgehead atoms. The summed E-state index contributed by atoms with van der Waals surface area (Å²) in [4.78, 5) is 0. The topological polar surface area (TPSA) is 0 Å². The first kappa shape index (κ1) is 41.1. The van der Waals surface area contributed by atoms with Gasteiger partial charge in [-0.2, -0.15) is 0 Å². The van der Waals surface area contributed by atoms with Crippen LogP contribution in [0.1, 0.15) is 167 Å². The van der Waals surface area contributed by atoms with Crippen LogP contribution in [0, 0.1) is 5.41 Å². The van der Waals surface area contributed by atoms with Crippen LogP contribution in [0.2, 0.25) is 0 Å². The largest absolute Gasteiger partial charge is 0.0723 e. The second kappa shape index (κ2) is 12.8. The minimum Gasteiger partial charge on any atom is -0.0723 e. The van der Waals surface area contributed by atoms with Gasteiger partial charge in [-0.05, 0) is 139 Å². The quantitative estimate of drug-likeness (QED) is 0.163. The van der Waals surface area contributed by atoms with Crippen molar-refractivity contribution in [1.29, 1.82) is 0 Å². The highest BCUT2D eigenvalue weighted by Crippen LogP contribution is 2.61. The Morgan fingerprint density at radius 1 is 0.435 bits per heavy atom. The normalized spacial score (nSPS) is 19.4. The number of fused-ring (bicyclic) bond motifs is 9. The van der Waals surface area contributed by atoms with Crippen LogP contribution in [-0.4, -0.2) is 0 Å². The summed E-state index contributed by atoms with van der Waals surface area (Å²) in [6.45, 7) is 38.1. The van der Waals surface area contributed by atoms with E-state index in [1.807, 2.05) is 0 Å². The summed E-state index contributed by atoms with van der Waals surface area (Å²) >= 11 is 0. The van der Waals surface area contributed by atoms with Crippen LogP contribution in [0.5, 0.6) is 0 Å². The van der Waals surface area contributed by atoms with E-state index in [0.29, 0.717) is 5.92 Å². The van der Waals surface area contributed by atoms with Crippen molar-refractivity contribution in [3.63, 3.8) is 0 Å². The molecule has 62 heavy (non-hydrogen) atoms. The van der Waals surface area contributed by atoms with Crippen molar-refractivity contribution in [2.45, 2.75) is 150 Å². The first-order chi connectivity index (χ1) is 28.8. The third-order valence-corrected chi connectivity index (χ3v) is 15.7. The highest BCUT2D eigenvalue weighted by atomic mass is 14.5. The molecule has 0 aliphatic heterocycles. The molecule has 6 aromatic rings. The van der Waals surface area contributed by atoms with Crippen molar-refractivity contribution in [3.05, 3.63) is 165 Å². The summed E-state index contributed by atoms with van der Waals surface area (Å²) in [6, 6.07) is 39.3. The zero-order valence-corrected chi connectivity index (χ0v) is 40.5. The predicted octanol–water partition coefficient (Wildman–Crippen LogP) is 17.4. The summed E-state index contributed by atoms with van der Waals surface area (Å²) in [6.07, 6.45) is 5.21. The smallest absolute Gasteiger partial charge is 0.0167 e. The minimum absolute atomic E-state index is 0.00605. The molecule has 2 unspecified atom stereocenters. The Bertz CT molecular complexity index is 2970. The van der Waals surface area contributed by atoms with Crippen LogP contribution in [0.3, 0.4) is 0 Å². The molecule has 0 nitrogen and oxygen atoms in total. The SMILES string of the molecule is CC(C)(C)C1=CC(c2ccc3c(c2)-c2cccc4c(-c5cc(C(C)(C)C)cc6c5-c5ccc(C(C)(C)C)cc5C6(C)C)ccc-3c24)C2C(=C1)C(C)(C)c1cc(C(C)(C)C)ccc12. The number of benzene rings is 6. The highest BCUT2D eigenvalue weighted by molar-refractivity contribution is 6.19. The second-order valence-electron chi connectivity index (χ2n) is 24.7. The van der Waals surface area contributed by atoms with Gasteiger partial charge >= 0.3 is 0 Å². The van der Waals surface area contributed by atoms with Gasteiger partial charge in [-0.3, -0.25) is 0 Å². The van der Waals surface area contributed by atoms with Gasteiger partial charge in [0.1, 0.15) is 0 Å². The summed E-state index contributed by atoms with van der Waals surface area (Å²) in [5.41, 5.74) is 25.6. The van der Waals surface area contributed by atoms with E-state index in [1.54, 1.807) is 5.57 Å². The van der Waals surface area contributed by atoms with Gasteiger partial charge in [-0.25, -0.2) is 0 Å². The lowest BCUT2D eigenvalue weighted by atomic mass is 9.68. The van der Waals surface area contributed by atoms with Crippen LogP contribution in [0.25, 0.3) is 55.3 Å². The van der Waals surface area contributed by atoms with Crippen molar-refractivity contribution in [3.8, 4) is 44.5 Å². The lowest BCUT2D eigenvalue weighted by molar-refractivity contribution is 0.494. The first-order valence-corrected chi connectivity index (χ1v) is 23.4. The minimum atomic E-state index is -0.108. The van der Waals surface area contributed by atoms with Crippen molar-refractivity contribution in [1.82, 2.24) is 0 Å². The standard InChI is InChI=1S/C62H68/c1-57(2,3)36-21-24-45-50(31-36)61(13,14)52-33-38(59(7,8)9)29-47(55(45)52)35-20-23-40-44-27-26-41(42-18-17-19-43(54(42)44)48(40)28-35)49-30-39(60(10,11)12)34-53-56(49)46-25-22-37(58(4,5)6)32-51(46)62(53,15)16/h17-34,47,55H,1-16H3. The molecule has 0 N–H and O–H groups in total. The van der Waals surface area contributed by atoms with Crippen LogP contribution in [-0.2, 0) is 27.1 Å². The fourth-order valence-corrected chi connectivity index (χ4v) is 11.7. The summed E-state index contributed by atoms with van der Waals surface area (Å²) < 4.78 is 0. The second-order valence-corrected chi connectivity index (χ2v) is 24.7. The van der Waals surface area contributed by atoms with E-state index in [-0.39, 0.29) is 38.4 Å². The molecule has 6 aromatic carbocycles. The molecular formula is C62H68. The van der Waals surface area contributed by atoms with Crippen molar-refractivity contribution >= 4 is 10.8 Å². The third kappa shape index (κ3) is 5.91.